The molecule has 148 valence electrons. The fraction of sp³-hybridized carbons (Fsp3) is 0.435. The van der Waals surface area contributed by atoms with Crippen LogP contribution in [0, 0.1) is 5.92 Å². The van der Waals surface area contributed by atoms with Crippen LogP contribution in [-0.2, 0) is 14.9 Å². The zero-order chi connectivity index (χ0) is 19.9. The number of hydrogen-bond donors (Lipinski definition) is 0. The number of para-hydroxylation sites is 1. The first kappa shape index (κ1) is 18.7. The van der Waals surface area contributed by atoms with Crippen LogP contribution in [0.1, 0.15) is 37.9 Å². The second kappa shape index (κ2) is 7.04. The molecule has 2 aliphatic rings. The van der Waals surface area contributed by atoms with Crippen molar-refractivity contribution in [1.82, 2.24) is 0 Å². The van der Waals surface area contributed by atoms with Crippen LogP contribution in [0.4, 0.5) is 5.69 Å². The van der Waals surface area contributed by atoms with E-state index in [0.29, 0.717) is 13.2 Å². The number of carbonyl (C=O) groups is 1. The van der Waals surface area contributed by atoms with Gasteiger partial charge in [0.2, 0.25) is 0 Å². The molecule has 28 heavy (non-hydrogen) atoms. The second-order valence-corrected chi connectivity index (χ2v) is 7.91. The molecular formula is C23H27NO4. The highest BCUT2D eigenvalue weighted by atomic mass is 16.5. The van der Waals surface area contributed by atoms with E-state index in [1.54, 1.807) is 7.11 Å². The summed E-state index contributed by atoms with van der Waals surface area (Å²) in [7, 11) is 1.68. The lowest BCUT2D eigenvalue weighted by molar-refractivity contribution is -0.141. The normalized spacial score (nSPS) is 21.6. The molecule has 0 saturated heterocycles. The summed E-state index contributed by atoms with van der Waals surface area (Å²) in [5, 5.41) is 0. The fourth-order valence-electron chi connectivity index (χ4n) is 4.71. The van der Waals surface area contributed by atoms with Crippen LogP contribution >= 0.6 is 0 Å². The molecule has 0 aliphatic carbocycles. The summed E-state index contributed by atoms with van der Waals surface area (Å²) in [6.45, 7) is 7.51. The van der Waals surface area contributed by atoms with Crippen molar-refractivity contribution in [2.75, 3.05) is 31.8 Å². The van der Waals surface area contributed by atoms with Gasteiger partial charge in [-0.05, 0) is 30.7 Å². The molecule has 0 fully saturated rings. The summed E-state index contributed by atoms with van der Waals surface area (Å²) in [4.78, 5) is 14.7. The monoisotopic (exact) mass is 381 g/mol. The molecule has 2 aromatic carbocycles. The van der Waals surface area contributed by atoms with Crippen molar-refractivity contribution in [1.29, 1.82) is 0 Å². The largest absolute Gasteiger partial charge is 0.496 e. The number of anilines is 1. The van der Waals surface area contributed by atoms with Crippen LogP contribution < -0.4 is 14.4 Å². The summed E-state index contributed by atoms with van der Waals surface area (Å²) < 4.78 is 17.2. The Morgan fingerprint density at radius 1 is 1.21 bits per heavy atom. The van der Waals surface area contributed by atoms with Crippen molar-refractivity contribution in [2.24, 2.45) is 5.92 Å². The molecule has 0 aromatic heterocycles. The van der Waals surface area contributed by atoms with Crippen molar-refractivity contribution in [3.63, 3.8) is 0 Å². The third-order valence-corrected chi connectivity index (χ3v) is 6.12. The Labute approximate surface area is 166 Å². The van der Waals surface area contributed by atoms with E-state index in [1.165, 1.54) is 5.56 Å². The Morgan fingerprint density at radius 2 is 2.00 bits per heavy atom. The van der Waals surface area contributed by atoms with Crippen molar-refractivity contribution >= 4 is 11.7 Å². The van der Waals surface area contributed by atoms with E-state index in [9.17, 15) is 4.79 Å². The van der Waals surface area contributed by atoms with Crippen LogP contribution in [0.25, 0.3) is 0 Å². The van der Waals surface area contributed by atoms with Gasteiger partial charge in [0, 0.05) is 17.0 Å². The highest BCUT2D eigenvalue weighted by Gasteiger charge is 2.50. The van der Waals surface area contributed by atoms with Crippen molar-refractivity contribution in [2.45, 2.75) is 32.2 Å². The van der Waals surface area contributed by atoms with E-state index in [2.05, 4.69) is 36.9 Å². The first-order valence-electron chi connectivity index (χ1n) is 9.80. The number of carbonyl (C=O) groups excluding carboxylic acids is 1. The standard InChI is InChI=1S/C23H27NO4/c1-5-27-20(25)13-24-17-10-7-6-9-15(17)23(2,3)16-14-28-19-12-8-11-18(26-4)21(19)22(16)24/h6-12,16,22H,5,13-14H2,1-4H3/t16-,22-/m0/s1. The number of methoxy groups -OCH3 is 1. The molecule has 2 heterocycles. The lowest BCUT2D eigenvalue weighted by Crippen LogP contribution is -2.53. The number of fused-ring (bicyclic) bond motifs is 4. The van der Waals surface area contributed by atoms with Gasteiger partial charge < -0.3 is 19.1 Å². The number of benzene rings is 2. The molecule has 0 bridgehead atoms. The predicted molar refractivity (Wildman–Crippen MR) is 108 cm³/mol. The maximum Gasteiger partial charge on any atom is 0.325 e. The van der Waals surface area contributed by atoms with Gasteiger partial charge in [0.15, 0.2) is 0 Å². The van der Waals surface area contributed by atoms with Gasteiger partial charge in [-0.1, -0.05) is 38.1 Å². The Morgan fingerprint density at radius 3 is 2.75 bits per heavy atom. The van der Waals surface area contributed by atoms with Gasteiger partial charge in [-0.25, -0.2) is 0 Å². The van der Waals surface area contributed by atoms with Gasteiger partial charge in [0.05, 0.1) is 31.9 Å². The first-order valence-corrected chi connectivity index (χ1v) is 9.80. The second-order valence-electron chi connectivity index (χ2n) is 7.91. The van der Waals surface area contributed by atoms with Crippen LogP contribution in [0.15, 0.2) is 42.5 Å². The molecule has 5 nitrogen and oxygen atoms in total. The van der Waals surface area contributed by atoms with E-state index < -0.39 is 0 Å². The molecule has 4 rings (SSSR count). The quantitative estimate of drug-likeness (QED) is 0.746. The molecule has 2 aliphatic heterocycles. The zero-order valence-electron chi connectivity index (χ0n) is 16.9. The van der Waals surface area contributed by atoms with E-state index in [4.69, 9.17) is 14.2 Å². The number of rotatable bonds is 4. The Kier molecular flexibility index (Phi) is 4.69. The molecule has 0 unspecified atom stereocenters. The van der Waals surface area contributed by atoms with Gasteiger partial charge in [-0.2, -0.15) is 0 Å². The van der Waals surface area contributed by atoms with Gasteiger partial charge in [-0.3, -0.25) is 4.79 Å². The number of esters is 1. The minimum atomic E-state index is -0.223. The minimum absolute atomic E-state index is 0.0331. The molecule has 0 spiro atoms. The maximum absolute atomic E-state index is 12.5. The third-order valence-electron chi connectivity index (χ3n) is 6.12. The van der Waals surface area contributed by atoms with Crippen LogP contribution in [-0.4, -0.2) is 32.8 Å². The average Bonchev–Trinajstić information content (AvgIpc) is 2.70. The van der Waals surface area contributed by atoms with Crippen LogP contribution in [0.5, 0.6) is 11.5 Å². The minimum Gasteiger partial charge on any atom is -0.496 e. The molecule has 5 heteroatoms. The number of nitrogens with zero attached hydrogens (tertiary/aromatic N) is 1. The zero-order valence-corrected chi connectivity index (χ0v) is 16.9. The summed E-state index contributed by atoms with van der Waals surface area (Å²) in [6, 6.07) is 14.2. The Balaban J connectivity index is 1.92. The lowest BCUT2D eigenvalue weighted by Gasteiger charge is -2.53. The number of ether oxygens (including phenoxy) is 3. The third kappa shape index (κ3) is 2.81. The van der Waals surface area contributed by atoms with Crippen molar-refractivity contribution < 1.29 is 19.0 Å². The van der Waals surface area contributed by atoms with Crippen LogP contribution in [0.3, 0.4) is 0 Å². The van der Waals surface area contributed by atoms with Crippen molar-refractivity contribution in [3.05, 3.63) is 53.6 Å². The van der Waals surface area contributed by atoms with Crippen molar-refractivity contribution in [3.8, 4) is 11.5 Å². The topological polar surface area (TPSA) is 48.0 Å². The van der Waals surface area contributed by atoms with Crippen LogP contribution in [0.2, 0.25) is 0 Å². The fourth-order valence-corrected chi connectivity index (χ4v) is 4.71. The van der Waals surface area contributed by atoms with Gasteiger partial charge >= 0.3 is 5.97 Å². The summed E-state index contributed by atoms with van der Waals surface area (Å²) >= 11 is 0. The first-order chi connectivity index (χ1) is 13.5. The van der Waals surface area contributed by atoms with E-state index >= 15 is 0 Å². The average molecular weight is 381 g/mol. The summed E-state index contributed by atoms with van der Waals surface area (Å²) in [6.07, 6.45) is 0. The molecular weight excluding hydrogens is 354 g/mol. The molecule has 2 atom stereocenters. The molecule has 0 radical (unpaired) electrons. The lowest BCUT2D eigenvalue weighted by atomic mass is 9.64. The summed E-state index contributed by atoms with van der Waals surface area (Å²) in [5.41, 5.74) is 3.18. The predicted octanol–water partition coefficient (Wildman–Crippen LogP) is 4.11. The number of hydrogen-bond acceptors (Lipinski definition) is 5. The highest BCUT2D eigenvalue weighted by Crippen LogP contribution is 2.56. The van der Waals surface area contributed by atoms with Gasteiger partial charge in [0.1, 0.15) is 18.0 Å². The Hall–Kier alpha value is -2.69. The van der Waals surface area contributed by atoms with Gasteiger partial charge in [-0.15, -0.1) is 0 Å². The molecule has 0 N–H and O–H groups in total. The van der Waals surface area contributed by atoms with E-state index in [1.807, 2.05) is 31.2 Å². The maximum atomic E-state index is 12.5. The van der Waals surface area contributed by atoms with E-state index in [-0.39, 0.29) is 29.9 Å². The molecule has 2 aromatic rings. The SMILES string of the molecule is CCOC(=O)CN1c2ccccc2C(C)(C)[C@H]2COc3cccc(OC)c3[C@H]21. The Bertz CT molecular complexity index is 878. The van der Waals surface area contributed by atoms with E-state index in [0.717, 1.165) is 22.7 Å². The van der Waals surface area contributed by atoms with Gasteiger partial charge in [0.25, 0.3) is 0 Å². The smallest absolute Gasteiger partial charge is 0.325 e. The summed E-state index contributed by atoms with van der Waals surface area (Å²) in [5.74, 6) is 1.56. The molecule has 0 saturated carbocycles. The highest BCUT2D eigenvalue weighted by molar-refractivity contribution is 5.78. The molecule has 0 amide bonds.